The van der Waals surface area contributed by atoms with E-state index in [1.54, 1.807) is 0 Å². The van der Waals surface area contributed by atoms with E-state index in [0.717, 1.165) is 25.2 Å². The fraction of sp³-hybridized carbons (Fsp3) is 0.733. The van der Waals surface area contributed by atoms with Gasteiger partial charge in [0.05, 0.1) is 5.69 Å². The third kappa shape index (κ3) is 2.49. The Hall–Kier alpha value is -0.940. The van der Waals surface area contributed by atoms with E-state index < -0.39 is 0 Å². The molecule has 0 aliphatic carbocycles. The third-order valence-electron chi connectivity index (χ3n) is 4.73. The van der Waals surface area contributed by atoms with Gasteiger partial charge < -0.3 is 4.90 Å². The lowest BCUT2D eigenvalue weighted by Crippen LogP contribution is -2.39. The quantitative estimate of drug-likeness (QED) is 0.841. The minimum atomic E-state index is 0.128. The van der Waals surface area contributed by atoms with Gasteiger partial charge in [0, 0.05) is 30.6 Å². The summed E-state index contributed by atoms with van der Waals surface area (Å²) in [6, 6.07) is 1.20. The van der Waals surface area contributed by atoms with Crippen LogP contribution in [-0.2, 0) is 0 Å². The lowest BCUT2D eigenvalue weighted by atomic mass is 10.1. The molecule has 0 aromatic carbocycles. The summed E-state index contributed by atoms with van der Waals surface area (Å²) < 4.78 is 0. The zero-order chi connectivity index (χ0) is 14.3. The van der Waals surface area contributed by atoms with Crippen molar-refractivity contribution in [1.29, 1.82) is 0 Å². The molecule has 110 valence electrons. The second-order valence-corrected chi connectivity index (χ2v) is 7.18. The van der Waals surface area contributed by atoms with Gasteiger partial charge in [0.25, 0.3) is 5.91 Å². The van der Waals surface area contributed by atoms with Crippen LogP contribution in [0, 0.1) is 0 Å². The minimum absolute atomic E-state index is 0.128. The first-order chi connectivity index (χ1) is 9.56. The lowest BCUT2D eigenvalue weighted by Gasteiger charge is -2.25. The molecule has 2 aliphatic rings. The number of nitrogens with zero attached hydrogens (tertiary/aromatic N) is 3. The number of rotatable bonds is 2. The molecule has 1 aromatic heterocycles. The SMILES string of the molecule is CC(C)c1csc(C(=O)N2CC[C@@H]3CC[C@H](C2)N3C)n1. The molecule has 2 bridgehead atoms. The molecule has 1 aromatic rings. The predicted molar refractivity (Wildman–Crippen MR) is 81.3 cm³/mol. The van der Waals surface area contributed by atoms with E-state index in [0.29, 0.717) is 23.0 Å². The molecule has 4 nitrogen and oxygen atoms in total. The summed E-state index contributed by atoms with van der Waals surface area (Å²) >= 11 is 1.49. The number of fused-ring (bicyclic) bond motifs is 2. The molecule has 5 heteroatoms. The van der Waals surface area contributed by atoms with Crippen molar-refractivity contribution >= 4 is 17.2 Å². The Morgan fingerprint density at radius 1 is 1.35 bits per heavy atom. The Morgan fingerprint density at radius 3 is 2.80 bits per heavy atom. The van der Waals surface area contributed by atoms with E-state index in [-0.39, 0.29) is 5.91 Å². The smallest absolute Gasteiger partial charge is 0.282 e. The zero-order valence-corrected chi connectivity index (χ0v) is 13.3. The van der Waals surface area contributed by atoms with Gasteiger partial charge in [0.1, 0.15) is 0 Å². The molecule has 0 unspecified atom stereocenters. The summed E-state index contributed by atoms with van der Waals surface area (Å²) in [6.45, 7) is 5.97. The highest BCUT2D eigenvalue weighted by molar-refractivity contribution is 7.11. The van der Waals surface area contributed by atoms with E-state index in [1.165, 1.54) is 24.2 Å². The van der Waals surface area contributed by atoms with Gasteiger partial charge in [-0.1, -0.05) is 13.8 Å². The fourth-order valence-electron chi connectivity index (χ4n) is 3.28. The second-order valence-electron chi connectivity index (χ2n) is 6.32. The Kier molecular flexibility index (Phi) is 3.82. The summed E-state index contributed by atoms with van der Waals surface area (Å²) in [5.74, 6) is 0.516. The van der Waals surface area contributed by atoms with Crippen molar-refractivity contribution < 1.29 is 4.79 Å². The number of thiazole rings is 1. The average molecular weight is 293 g/mol. The van der Waals surface area contributed by atoms with Crippen molar-refractivity contribution in [2.24, 2.45) is 0 Å². The summed E-state index contributed by atoms with van der Waals surface area (Å²) in [5, 5.41) is 2.68. The Bertz CT molecular complexity index is 499. The van der Waals surface area contributed by atoms with Crippen LogP contribution in [-0.4, -0.2) is 52.9 Å². The molecule has 2 atom stereocenters. The number of hydrogen-bond acceptors (Lipinski definition) is 4. The van der Waals surface area contributed by atoms with Crippen molar-refractivity contribution in [2.45, 2.75) is 51.1 Å². The number of likely N-dealkylation sites (N-methyl/N-ethyl adjacent to an activating group) is 1. The Balaban J connectivity index is 1.73. The van der Waals surface area contributed by atoms with Crippen LogP contribution in [0.25, 0.3) is 0 Å². The van der Waals surface area contributed by atoms with Crippen LogP contribution < -0.4 is 0 Å². The topological polar surface area (TPSA) is 36.4 Å². The molecule has 0 radical (unpaired) electrons. The van der Waals surface area contributed by atoms with Crippen molar-refractivity contribution in [3.8, 4) is 0 Å². The van der Waals surface area contributed by atoms with Crippen LogP contribution in [0.4, 0.5) is 0 Å². The molecule has 1 amide bonds. The van der Waals surface area contributed by atoms with E-state index in [1.807, 2.05) is 10.3 Å². The molecule has 2 fully saturated rings. The van der Waals surface area contributed by atoms with Crippen LogP contribution >= 0.6 is 11.3 Å². The number of likely N-dealkylation sites (tertiary alicyclic amines) is 1. The summed E-state index contributed by atoms with van der Waals surface area (Å²) in [5.41, 5.74) is 1.03. The number of carbonyl (C=O) groups excluding carboxylic acids is 1. The monoisotopic (exact) mass is 293 g/mol. The number of carbonyl (C=O) groups is 1. The van der Waals surface area contributed by atoms with E-state index in [9.17, 15) is 4.79 Å². The first kappa shape index (κ1) is 14.0. The first-order valence-corrected chi connectivity index (χ1v) is 8.41. The highest BCUT2D eigenvalue weighted by atomic mass is 32.1. The van der Waals surface area contributed by atoms with Gasteiger partial charge in [-0.3, -0.25) is 9.69 Å². The van der Waals surface area contributed by atoms with Crippen molar-refractivity contribution in [3.05, 3.63) is 16.1 Å². The molecule has 0 saturated carbocycles. The van der Waals surface area contributed by atoms with Crippen LogP contribution in [0.1, 0.15) is 54.5 Å². The van der Waals surface area contributed by atoms with Gasteiger partial charge >= 0.3 is 0 Å². The summed E-state index contributed by atoms with van der Waals surface area (Å²) in [7, 11) is 2.20. The Morgan fingerprint density at radius 2 is 2.10 bits per heavy atom. The normalized spacial score (nSPS) is 27.1. The lowest BCUT2D eigenvalue weighted by molar-refractivity contribution is 0.0739. The van der Waals surface area contributed by atoms with Crippen LogP contribution in [0.3, 0.4) is 0 Å². The van der Waals surface area contributed by atoms with E-state index >= 15 is 0 Å². The van der Waals surface area contributed by atoms with Crippen LogP contribution in [0.15, 0.2) is 5.38 Å². The molecular formula is C15H23N3OS. The predicted octanol–water partition coefficient (Wildman–Crippen LogP) is 2.58. The van der Waals surface area contributed by atoms with Crippen molar-refractivity contribution in [2.75, 3.05) is 20.1 Å². The molecule has 0 N–H and O–H groups in total. The van der Waals surface area contributed by atoms with E-state index in [2.05, 4.69) is 30.8 Å². The molecule has 2 saturated heterocycles. The Labute approximate surface area is 124 Å². The van der Waals surface area contributed by atoms with Gasteiger partial charge in [-0.25, -0.2) is 4.98 Å². The van der Waals surface area contributed by atoms with Gasteiger partial charge in [-0.15, -0.1) is 11.3 Å². The molecule has 20 heavy (non-hydrogen) atoms. The maximum atomic E-state index is 12.6. The molecule has 2 aliphatic heterocycles. The van der Waals surface area contributed by atoms with Crippen LogP contribution in [0.2, 0.25) is 0 Å². The van der Waals surface area contributed by atoms with Crippen molar-refractivity contribution in [3.63, 3.8) is 0 Å². The molecule has 0 spiro atoms. The molecular weight excluding hydrogens is 270 g/mol. The second kappa shape index (κ2) is 5.45. The van der Waals surface area contributed by atoms with Gasteiger partial charge in [-0.2, -0.15) is 0 Å². The highest BCUT2D eigenvalue weighted by Gasteiger charge is 2.36. The number of hydrogen-bond donors (Lipinski definition) is 0. The minimum Gasteiger partial charge on any atom is -0.335 e. The first-order valence-electron chi connectivity index (χ1n) is 7.53. The number of aromatic nitrogens is 1. The maximum Gasteiger partial charge on any atom is 0.282 e. The largest absolute Gasteiger partial charge is 0.335 e. The maximum absolute atomic E-state index is 12.6. The number of amides is 1. The van der Waals surface area contributed by atoms with E-state index in [4.69, 9.17) is 0 Å². The zero-order valence-electron chi connectivity index (χ0n) is 12.5. The summed E-state index contributed by atoms with van der Waals surface area (Å²) in [4.78, 5) is 21.6. The molecule has 3 rings (SSSR count). The average Bonchev–Trinajstić information content (AvgIpc) is 2.95. The highest BCUT2D eigenvalue weighted by Crippen LogP contribution is 2.29. The van der Waals surface area contributed by atoms with Gasteiger partial charge in [0.15, 0.2) is 5.01 Å². The van der Waals surface area contributed by atoms with Gasteiger partial charge in [0.2, 0.25) is 0 Å². The fourth-order valence-corrected chi connectivity index (χ4v) is 4.22. The van der Waals surface area contributed by atoms with Crippen LogP contribution in [0.5, 0.6) is 0 Å². The third-order valence-corrected chi connectivity index (χ3v) is 5.58. The van der Waals surface area contributed by atoms with Gasteiger partial charge in [-0.05, 0) is 32.2 Å². The molecule has 3 heterocycles. The van der Waals surface area contributed by atoms with Crippen molar-refractivity contribution in [1.82, 2.24) is 14.8 Å². The summed E-state index contributed by atoms with van der Waals surface area (Å²) in [6.07, 6.45) is 3.61. The standard InChI is InChI=1S/C15H23N3OS/c1-10(2)13-9-20-14(16-13)15(19)18-7-6-11-4-5-12(8-18)17(11)3/h9-12H,4-8H2,1-3H3/t11-,12+/m0/s1.